The number of pyridine rings is 1. The summed E-state index contributed by atoms with van der Waals surface area (Å²) in [5.74, 6) is -0.278. The molecule has 2 aromatic rings. The summed E-state index contributed by atoms with van der Waals surface area (Å²) in [6, 6.07) is 10.9. The smallest absolute Gasteiger partial charge is 0.275 e. The van der Waals surface area contributed by atoms with Crippen molar-refractivity contribution in [2.75, 3.05) is 30.9 Å². The van der Waals surface area contributed by atoms with Crippen molar-refractivity contribution >= 4 is 21.6 Å². The van der Waals surface area contributed by atoms with Gasteiger partial charge in [0.1, 0.15) is 12.2 Å². The first-order valence-electron chi connectivity index (χ1n) is 10.1. The number of sulfonamides is 1. The molecule has 9 heteroatoms. The SMILES string of the molecule is Cc1ccc(NS(=O)(=O)c2ccccc2)c(=O)n1CC(=O)NCCN1CCCCC1. The normalized spacial score (nSPS) is 15.0. The van der Waals surface area contributed by atoms with Gasteiger partial charge in [0, 0.05) is 18.8 Å². The zero-order chi connectivity index (χ0) is 21.6. The second kappa shape index (κ2) is 9.90. The Labute approximate surface area is 177 Å². The third kappa shape index (κ3) is 5.70. The Balaban J connectivity index is 1.65. The predicted octanol–water partition coefficient (Wildman–Crippen LogP) is 1.56. The molecule has 0 radical (unpaired) electrons. The molecular formula is C21H28N4O4S. The van der Waals surface area contributed by atoms with Gasteiger partial charge in [-0.05, 0) is 57.1 Å². The minimum Gasteiger partial charge on any atom is -0.353 e. The number of aryl methyl sites for hydroxylation is 1. The first-order valence-corrected chi connectivity index (χ1v) is 11.6. The number of amides is 1. The Morgan fingerprint density at radius 3 is 2.43 bits per heavy atom. The van der Waals surface area contributed by atoms with Crippen molar-refractivity contribution in [3.8, 4) is 0 Å². The molecular weight excluding hydrogens is 404 g/mol. The average molecular weight is 433 g/mol. The lowest BCUT2D eigenvalue weighted by atomic mass is 10.1. The maximum Gasteiger partial charge on any atom is 0.275 e. The van der Waals surface area contributed by atoms with Crippen LogP contribution >= 0.6 is 0 Å². The summed E-state index contributed by atoms with van der Waals surface area (Å²) in [5, 5.41) is 2.85. The third-order valence-corrected chi connectivity index (χ3v) is 6.57. The van der Waals surface area contributed by atoms with Gasteiger partial charge in [-0.3, -0.25) is 14.3 Å². The van der Waals surface area contributed by atoms with Gasteiger partial charge in [-0.2, -0.15) is 0 Å². The number of hydrogen-bond donors (Lipinski definition) is 2. The van der Waals surface area contributed by atoms with Crippen LogP contribution < -0.4 is 15.6 Å². The van der Waals surface area contributed by atoms with Crippen LogP contribution in [0.3, 0.4) is 0 Å². The zero-order valence-electron chi connectivity index (χ0n) is 17.1. The largest absolute Gasteiger partial charge is 0.353 e. The first kappa shape index (κ1) is 22.0. The molecule has 1 aliphatic rings. The van der Waals surface area contributed by atoms with Gasteiger partial charge >= 0.3 is 0 Å². The number of rotatable bonds is 8. The highest BCUT2D eigenvalue weighted by Gasteiger charge is 2.18. The second-order valence-corrected chi connectivity index (χ2v) is 9.13. The fraction of sp³-hybridized carbons (Fsp3) is 0.429. The van der Waals surface area contributed by atoms with Gasteiger partial charge < -0.3 is 14.8 Å². The monoisotopic (exact) mass is 432 g/mol. The van der Waals surface area contributed by atoms with E-state index in [4.69, 9.17) is 0 Å². The Morgan fingerprint density at radius 2 is 1.73 bits per heavy atom. The van der Waals surface area contributed by atoms with Crippen LogP contribution in [0.4, 0.5) is 5.69 Å². The highest BCUT2D eigenvalue weighted by atomic mass is 32.2. The number of piperidine rings is 1. The molecule has 0 atom stereocenters. The summed E-state index contributed by atoms with van der Waals surface area (Å²) in [5.41, 5.74) is -0.0694. The minimum absolute atomic E-state index is 0.0620. The van der Waals surface area contributed by atoms with Gasteiger partial charge in [-0.25, -0.2) is 8.42 Å². The van der Waals surface area contributed by atoms with Crippen LogP contribution in [0, 0.1) is 6.92 Å². The molecule has 0 bridgehead atoms. The van der Waals surface area contributed by atoms with E-state index in [1.165, 1.54) is 42.0 Å². The van der Waals surface area contributed by atoms with Crippen LogP contribution in [-0.2, 0) is 21.4 Å². The minimum atomic E-state index is -3.89. The van der Waals surface area contributed by atoms with Crippen LogP contribution in [0.2, 0.25) is 0 Å². The molecule has 1 saturated heterocycles. The molecule has 162 valence electrons. The molecule has 0 saturated carbocycles. The van der Waals surface area contributed by atoms with Gasteiger partial charge in [-0.1, -0.05) is 24.6 Å². The van der Waals surface area contributed by atoms with Crippen molar-refractivity contribution in [1.82, 2.24) is 14.8 Å². The van der Waals surface area contributed by atoms with E-state index < -0.39 is 15.6 Å². The molecule has 1 aromatic heterocycles. The van der Waals surface area contributed by atoms with E-state index in [2.05, 4.69) is 14.9 Å². The number of nitrogens with one attached hydrogen (secondary N) is 2. The van der Waals surface area contributed by atoms with Crippen molar-refractivity contribution < 1.29 is 13.2 Å². The quantitative estimate of drug-likeness (QED) is 0.659. The van der Waals surface area contributed by atoms with E-state index in [0.717, 1.165) is 19.6 Å². The van der Waals surface area contributed by atoms with Crippen molar-refractivity contribution in [3.63, 3.8) is 0 Å². The average Bonchev–Trinajstić information content (AvgIpc) is 2.74. The van der Waals surface area contributed by atoms with Crippen LogP contribution in [0.1, 0.15) is 25.0 Å². The van der Waals surface area contributed by atoms with Gasteiger partial charge in [0.15, 0.2) is 0 Å². The molecule has 2 N–H and O–H groups in total. The van der Waals surface area contributed by atoms with Crippen molar-refractivity contribution in [1.29, 1.82) is 0 Å². The van der Waals surface area contributed by atoms with Crippen LogP contribution in [-0.4, -0.2) is 50.0 Å². The number of anilines is 1. The molecule has 0 unspecified atom stereocenters. The fourth-order valence-corrected chi connectivity index (χ4v) is 4.56. The maximum absolute atomic E-state index is 12.8. The number of hydrogen-bond acceptors (Lipinski definition) is 5. The molecule has 1 aliphatic heterocycles. The summed E-state index contributed by atoms with van der Waals surface area (Å²) in [6.45, 7) is 4.96. The molecule has 0 spiro atoms. The van der Waals surface area contributed by atoms with Crippen molar-refractivity contribution in [2.24, 2.45) is 0 Å². The molecule has 1 aromatic carbocycles. The number of nitrogens with zero attached hydrogens (tertiary/aromatic N) is 2. The van der Waals surface area contributed by atoms with Crippen molar-refractivity contribution in [3.05, 3.63) is 58.5 Å². The highest BCUT2D eigenvalue weighted by Crippen LogP contribution is 2.13. The molecule has 1 fully saturated rings. The number of aromatic nitrogens is 1. The van der Waals surface area contributed by atoms with E-state index in [1.807, 2.05) is 0 Å². The van der Waals surface area contributed by atoms with Gasteiger partial charge in [0.25, 0.3) is 15.6 Å². The lowest BCUT2D eigenvalue weighted by molar-refractivity contribution is -0.121. The van der Waals surface area contributed by atoms with E-state index >= 15 is 0 Å². The molecule has 2 heterocycles. The number of carbonyl (C=O) groups is 1. The molecule has 1 amide bonds. The van der Waals surface area contributed by atoms with Gasteiger partial charge in [0.2, 0.25) is 5.91 Å². The van der Waals surface area contributed by atoms with E-state index in [0.29, 0.717) is 12.2 Å². The highest BCUT2D eigenvalue weighted by molar-refractivity contribution is 7.92. The summed E-state index contributed by atoms with van der Waals surface area (Å²) in [4.78, 5) is 27.5. The Hall–Kier alpha value is -2.65. The summed E-state index contributed by atoms with van der Waals surface area (Å²) < 4.78 is 28.6. The molecule has 3 rings (SSSR count). The van der Waals surface area contributed by atoms with E-state index in [1.54, 1.807) is 31.2 Å². The Morgan fingerprint density at radius 1 is 1.03 bits per heavy atom. The predicted molar refractivity (Wildman–Crippen MR) is 116 cm³/mol. The summed E-state index contributed by atoms with van der Waals surface area (Å²) in [7, 11) is -3.89. The summed E-state index contributed by atoms with van der Waals surface area (Å²) >= 11 is 0. The molecule has 8 nitrogen and oxygen atoms in total. The topological polar surface area (TPSA) is 101 Å². The lowest BCUT2D eigenvalue weighted by Crippen LogP contribution is -2.40. The van der Waals surface area contributed by atoms with Gasteiger partial charge in [-0.15, -0.1) is 0 Å². The molecule has 0 aliphatic carbocycles. The Kier molecular flexibility index (Phi) is 7.28. The number of carbonyl (C=O) groups excluding carboxylic acids is 1. The standard InChI is InChI=1S/C21H28N4O4S/c1-17-10-11-19(23-30(28,29)18-8-4-2-5-9-18)21(27)25(17)16-20(26)22-12-15-24-13-6-3-7-14-24/h2,4-5,8-11,23H,3,6-7,12-16H2,1H3,(H,22,26). The Bertz CT molecular complexity index is 1030. The van der Waals surface area contributed by atoms with E-state index in [9.17, 15) is 18.0 Å². The molecule has 30 heavy (non-hydrogen) atoms. The first-order chi connectivity index (χ1) is 14.4. The zero-order valence-corrected chi connectivity index (χ0v) is 18.0. The number of benzene rings is 1. The van der Waals surface area contributed by atoms with Crippen LogP contribution in [0.5, 0.6) is 0 Å². The van der Waals surface area contributed by atoms with Crippen molar-refractivity contribution in [2.45, 2.75) is 37.6 Å². The van der Waals surface area contributed by atoms with E-state index in [-0.39, 0.29) is 23.0 Å². The third-order valence-electron chi connectivity index (χ3n) is 5.19. The van der Waals surface area contributed by atoms with Crippen LogP contribution in [0.15, 0.2) is 52.2 Å². The summed E-state index contributed by atoms with van der Waals surface area (Å²) in [6.07, 6.45) is 3.64. The fourth-order valence-electron chi connectivity index (χ4n) is 3.48. The lowest BCUT2D eigenvalue weighted by Gasteiger charge is -2.26. The van der Waals surface area contributed by atoms with Gasteiger partial charge in [0.05, 0.1) is 4.90 Å². The number of likely N-dealkylation sites (tertiary alicyclic amines) is 1. The maximum atomic E-state index is 12.8. The second-order valence-electron chi connectivity index (χ2n) is 7.45. The van der Waals surface area contributed by atoms with Crippen LogP contribution in [0.25, 0.3) is 0 Å².